The summed E-state index contributed by atoms with van der Waals surface area (Å²) >= 11 is 0. The summed E-state index contributed by atoms with van der Waals surface area (Å²) in [6.45, 7) is 1.43. The number of likely N-dealkylation sites (tertiary alicyclic amines) is 1. The number of urea groups is 2. The Morgan fingerprint density at radius 1 is 0.514 bits per heavy atom. The largest absolute Gasteiger partial charge is 0.471 e. The summed E-state index contributed by atoms with van der Waals surface area (Å²) in [6, 6.07) is 48.3. The van der Waals surface area contributed by atoms with Gasteiger partial charge in [-0.1, -0.05) is 133 Å². The standard InChI is InChI=1S/C29H28F3N3O3.C26H27N3O4S/c30-29(31,32)27(37)33-19-26(36)24-11-9-21(10-12-24)20-35(28(38)34-17-5-2-6-18-34)25-15-13-23(14-16-25)22-7-3-1-4-8-22;27-18-25(30)23-8-6-20(7-9-23)19-29(26(31)28-14-16-34(32,33)17-15-28)24-12-10-22(11-13-24)21-4-2-1-3-5-21/h1,3-4,7-16H,2,5-6,17-20H2,(H,33,37);1-13H,14-19,27H2. The number of benzene rings is 6. The fourth-order valence-electron chi connectivity index (χ4n) is 8.24. The molecular formula is C55H55F3N6O7S. The first-order valence-electron chi connectivity index (χ1n) is 23.5. The number of piperidine rings is 1. The van der Waals surface area contributed by atoms with Gasteiger partial charge in [0.2, 0.25) is 0 Å². The number of carbonyl (C=O) groups excluding carboxylic acids is 5. The van der Waals surface area contributed by atoms with Crippen LogP contribution in [-0.4, -0.2) is 105 Å². The van der Waals surface area contributed by atoms with Crippen molar-refractivity contribution in [2.75, 3.05) is 60.6 Å². The third-order valence-electron chi connectivity index (χ3n) is 12.4. The predicted molar refractivity (Wildman–Crippen MR) is 272 cm³/mol. The number of hydrogen-bond donors (Lipinski definition) is 2. The number of halogens is 3. The first-order valence-corrected chi connectivity index (χ1v) is 25.3. The van der Waals surface area contributed by atoms with Gasteiger partial charge in [0, 0.05) is 48.7 Å². The van der Waals surface area contributed by atoms with Crippen LogP contribution in [0.2, 0.25) is 0 Å². The summed E-state index contributed by atoms with van der Waals surface area (Å²) < 4.78 is 60.8. The summed E-state index contributed by atoms with van der Waals surface area (Å²) in [6.07, 6.45) is -2.05. The number of ketones is 2. The number of hydrogen-bond acceptors (Lipinski definition) is 8. The number of alkyl halides is 3. The third-order valence-corrected chi connectivity index (χ3v) is 14.0. The lowest BCUT2D eigenvalue weighted by Crippen LogP contribution is -2.49. The summed E-state index contributed by atoms with van der Waals surface area (Å²) in [5, 5.41) is 1.58. The normalized spacial score (nSPS) is 14.3. The molecule has 0 unspecified atom stereocenters. The molecule has 374 valence electrons. The molecule has 2 aliphatic rings. The van der Waals surface area contributed by atoms with Gasteiger partial charge in [-0.3, -0.25) is 24.2 Å². The lowest BCUT2D eigenvalue weighted by molar-refractivity contribution is -0.173. The van der Waals surface area contributed by atoms with Crippen molar-refractivity contribution < 1.29 is 45.6 Å². The second kappa shape index (κ2) is 24.0. The van der Waals surface area contributed by atoms with Crippen LogP contribution in [0, 0.1) is 0 Å². The van der Waals surface area contributed by atoms with Crippen LogP contribution >= 0.6 is 0 Å². The van der Waals surface area contributed by atoms with Gasteiger partial charge in [-0.15, -0.1) is 0 Å². The van der Waals surface area contributed by atoms with Gasteiger partial charge in [-0.2, -0.15) is 13.2 Å². The zero-order valence-corrected chi connectivity index (χ0v) is 40.3. The lowest BCUT2D eigenvalue weighted by atomic mass is 10.0. The van der Waals surface area contributed by atoms with Gasteiger partial charge in [-0.05, 0) is 76.9 Å². The highest BCUT2D eigenvalue weighted by atomic mass is 32.2. The summed E-state index contributed by atoms with van der Waals surface area (Å²) in [7, 11) is -3.10. The van der Waals surface area contributed by atoms with Crippen molar-refractivity contribution in [3.8, 4) is 22.3 Å². The molecule has 6 aromatic rings. The third kappa shape index (κ3) is 14.0. The van der Waals surface area contributed by atoms with E-state index in [2.05, 4.69) is 0 Å². The number of sulfone groups is 1. The van der Waals surface area contributed by atoms with Crippen molar-refractivity contribution in [1.82, 2.24) is 15.1 Å². The van der Waals surface area contributed by atoms with Crippen LogP contribution in [0.3, 0.4) is 0 Å². The van der Waals surface area contributed by atoms with Crippen molar-refractivity contribution in [2.45, 2.75) is 38.5 Å². The zero-order chi connectivity index (χ0) is 51.3. The number of nitrogens with one attached hydrogen (secondary N) is 1. The second-order valence-corrected chi connectivity index (χ2v) is 19.7. The molecule has 2 heterocycles. The molecule has 6 aromatic carbocycles. The van der Waals surface area contributed by atoms with E-state index in [4.69, 9.17) is 5.73 Å². The maximum absolute atomic E-state index is 13.5. The maximum Gasteiger partial charge on any atom is 0.471 e. The molecule has 72 heavy (non-hydrogen) atoms. The minimum absolute atomic E-state index is 0.0323. The molecule has 0 saturated carbocycles. The minimum atomic E-state index is -5.05. The number of anilines is 2. The summed E-state index contributed by atoms with van der Waals surface area (Å²) in [5.74, 6) is -3.02. The van der Waals surface area contributed by atoms with Crippen LogP contribution in [-0.2, 0) is 27.7 Å². The Morgan fingerprint density at radius 2 is 0.903 bits per heavy atom. The highest BCUT2D eigenvalue weighted by Crippen LogP contribution is 2.28. The van der Waals surface area contributed by atoms with Crippen molar-refractivity contribution in [3.63, 3.8) is 0 Å². The number of nitrogens with two attached hydrogens (primary N) is 1. The molecule has 0 spiro atoms. The van der Waals surface area contributed by atoms with Gasteiger partial charge in [-0.25, -0.2) is 18.0 Å². The van der Waals surface area contributed by atoms with Crippen LogP contribution in [0.15, 0.2) is 158 Å². The van der Waals surface area contributed by atoms with E-state index < -0.39 is 34.2 Å². The Bertz CT molecular complexity index is 2900. The van der Waals surface area contributed by atoms with Gasteiger partial charge in [0.25, 0.3) is 0 Å². The molecule has 2 fully saturated rings. The van der Waals surface area contributed by atoms with Gasteiger partial charge in [0.05, 0.1) is 37.7 Å². The monoisotopic (exact) mass is 1000 g/mol. The van der Waals surface area contributed by atoms with Crippen molar-refractivity contribution in [1.29, 1.82) is 0 Å². The molecule has 0 aliphatic carbocycles. The number of nitrogens with zero attached hydrogens (tertiary/aromatic N) is 4. The Hall–Kier alpha value is -7.63. The van der Waals surface area contributed by atoms with Gasteiger partial charge in [0.1, 0.15) is 0 Å². The SMILES string of the molecule is NCC(=O)c1ccc(CN(C(=O)N2CCS(=O)(=O)CC2)c2ccc(-c3ccccc3)cc2)cc1.O=C(CNC(=O)C(F)(F)F)c1ccc(CN(C(=O)N2CCCCC2)c2ccc(-c3ccccc3)cc2)cc1. The lowest BCUT2D eigenvalue weighted by Gasteiger charge is -2.33. The Morgan fingerprint density at radius 3 is 1.31 bits per heavy atom. The quantitative estimate of drug-likeness (QED) is 0.108. The van der Waals surface area contributed by atoms with Crippen molar-refractivity contribution >= 4 is 50.7 Å². The molecule has 5 amide bonds. The summed E-state index contributed by atoms with van der Waals surface area (Å²) in [4.78, 5) is 68.8. The Kier molecular flexibility index (Phi) is 17.4. The van der Waals surface area contributed by atoms with E-state index in [1.54, 1.807) is 44.3 Å². The molecule has 0 aromatic heterocycles. The second-order valence-electron chi connectivity index (χ2n) is 17.4. The van der Waals surface area contributed by atoms with Gasteiger partial charge in [0.15, 0.2) is 21.4 Å². The van der Waals surface area contributed by atoms with E-state index in [0.717, 1.165) is 58.3 Å². The van der Waals surface area contributed by atoms with Crippen molar-refractivity contribution in [3.05, 3.63) is 180 Å². The minimum Gasteiger partial charge on any atom is -0.341 e. The molecule has 17 heteroatoms. The first-order chi connectivity index (χ1) is 34.6. The molecule has 0 atom stereocenters. The predicted octanol–water partition coefficient (Wildman–Crippen LogP) is 9.18. The number of carbonyl (C=O) groups is 5. The van der Waals surface area contributed by atoms with E-state index in [9.17, 15) is 45.6 Å². The van der Waals surface area contributed by atoms with E-state index in [1.165, 1.54) is 12.1 Å². The van der Waals surface area contributed by atoms with Crippen LogP contribution in [0.4, 0.5) is 34.1 Å². The van der Waals surface area contributed by atoms with Crippen LogP contribution in [0.25, 0.3) is 22.3 Å². The molecule has 0 bridgehead atoms. The van der Waals surface area contributed by atoms with Crippen LogP contribution < -0.4 is 20.9 Å². The molecule has 2 saturated heterocycles. The Labute approximate surface area is 417 Å². The van der Waals surface area contributed by atoms with Crippen molar-refractivity contribution in [2.24, 2.45) is 5.73 Å². The van der Waals surface area contributed by atoms with Gasteiger partial charge < -0.3 is 20.9 Å². The molecule has 13 nitrogen and oxygen atoms in total. The maximum atomic E-state index is 13.5. The van der Waals surface area contributed by atoms with E-state index >= 15 is 0 Å². The molecule has 3 N–H and O–H groups in total. The molecular weight excluding hydrogens is 946 g/mol. The molecule has 2 aliphatic heterocycles. The highest BCUT2D eigenvalue weighted by molar-refractivity contribution is 7.91. The fraction of sp³-hybridized carbons (Fsp3) is 0.255. The zero-order valence-electron chi connectivity index (χ0n) is 39.5. The topological polar surface area (TPSA) is 170 Å². The average molecular weight is 1000 g/mol. The average Bonchev–Trinajstić information content (AvgIpc) is 3.41. The van der Waals surface area contributed by atoms with E-state index in [1.807, 2.05) is 126 Å². The fourth-order valence-corrected chi connectivity index (χ4v) is 9.44. The summed E-state index contributed by atoms with van der Waals surface area (Å²) in [5.41, 5.74) is 13.4. The highest BCUT2D eigenvalue weighted by Gasteiger charge is 2.38. The van der Waals surface area contributed by atoms with Crippen LogP contribution in [0.1, 0.15) is 51.1 Å². The number of Topliss-reactive ketones (excluding diaryl/α,β-unsaturated/α-hetero) is 2. The van der Waals surface area contributed by atoms with E-state index in [0.29, 0.717) is 24.3 Å². The molecule has 0 radical (unpaired) electrons. The number of rotatable bonds is 13. The Balaban J connectivity index is 0.000000213. The number of amides is 5. The van der Waals surface area contributed by atoms with E-state index in [-0.39, 0.29) is 67.6 Å². The first kappa shape index (κ1) is 52.2. The van der Waals surface area contributed by atoms with Gasteiger partial charge >= 0.3 is 24.1 Å². The molecule has 8 rings (SSSR count). The smallest absolute Gasteiger partial charge is 0.341 e. The van der Waals surface area contributed by atoms with Crippen LogP contribution in [0.5, 0.6) is 0 Å².